The van der Waals surface area contributed by atoms with Gasteiger partial charge in [0.05, 0.1) is 6.54 Å². The van der Waals surface area contributed by atoms with E-state index in [1.54, 1.807) is 0 Å². The number of benzene rings is 1. The average Bonchev–Trinajstić information content (AvgIpc) is 2.75. The Morgan fingerprint density at radius 1 is 0.893 bits per heavy atom. The molecular formula is C20H27N7O. The Balaban J connectivity index is 1.36. The molecule has 1 amide bonds. The van der Waals surface area contributed by atoms with E-state index in [9.17, 15) is 4.79 Å². The highest BCUT2D eigenvalue weighted by atomic mass is 16.2. The van der Waals surface area contributed by atoms with Crippen LogP contribution in [0.25, 0.3) is 0 Å². The topological polar surface area (TPSA) is 91.5 Å². The number of nitrogens with two attached hydrogens (primary N) is 1. The molecule has 1 aromatic heterocycles. The number of hydrogen-bond donors (Lipinski definition) is 1. The highest BCUT2D eigenvalue weighted by Gasteiger charge is 2.23. The summed E-state index contributed by atoms with van der Waals surface area (Å²) < 4.78 is 0. The normalized spacial score (nSPS) is 18.3. The van der Waals surface area contributed by atoms with Crippen LogP contribution >= 0.6 is 0 Å². The van der Waals surface area contributed by atoms with Crippen LogP contribution in [0.5, 0.6) is 0 Å². The van der Waals surface area contributed by atoms with E-state index in [1.807, 2.05) is 35.2 Å². The molecule has 3 heterocycles. The first-order chi connectivity index (χ1) is 13.7. The van der Waals surface area contributed by atoms with Crippen molar-refractivity contribution < 1.29 is 4.79 Å². The van der Waals surface area contributed by atoms with Gasteiger partial charge >= 0.3 is 0 Å². The number of piperidine rings is 1. The van der Waals surface area contributed by atoms with Crippen LogP contribution in [-0.2, 0) is 6.54 Å². The molecule has 2 fully saturated rings. The number of rotatable bonds is 4. The summed E-state index contributed by atoms with van der Waals surface area (Å²) in [4.78, 5) is 32.3. The van der Waals surface area contributed by atoms with Crippen molar-refractivity contribution in [2.75, 3.05) is 49.9 Å². The van der Waals surface area contributed by atoms with Gasteiger partial charge < -0.3 is 15.5 Å². The maximum atomic E-state index is 12.6. The summed E-state index contributed by atoms with van der Waals surface area (Å²) in [5, 5.41) is 0. The molecule has 0 unspecified atom stereocenters. The molecule has 0 aliphatic carbocycles. The van der Waals surface area contributed by atoms with Crippen LogP contribution in [0.3, 0.4) is 0 Å². The number of amides is 1. The lowest BCUT2D eigenvalue weighted by atomic mass is 10.1. The van der Waals surface area contributed by atoms with Crippen molar-refractivity contribution in [1.82, 2.24) is 24.8 Å². The highest BCUT2D eigenvalue weighted by Crippen LogP contribution is 2.17. The lowest BCUT2D eigenvalue weighted by Crippen LogP contribution is -2.48. The summed E-state index contributed by atoms with van der Waals surface area (Å²) in [5.41, 5.74) is 6.68. The molecule has 2 N–H and O–H groups in total. The van der Waals surface area contributed by atoms with Gasteiger partial charge in [0.25, 0.3) is 5.91 Å². The van der Waals surface area contributed by atoms with Crippen molar-refractivity contribution in [3.05, 3.63) is 41.7 Å². The van der Waals surface area contributed by atoms with Gasteiger partial charge in [0, 0.05) is 44.8 Å². The van der Waals surface area contributed by atoms with Crippen LogP contribution in [0.2, 0.25) is 0 Å². The van der Waals surface area contributed by atoms with Crippen LogP contribution in [-0.4, -0.2) is 69.9 Å². The molecule has 2 aliphatic rings. The standard InChI is InChI=1S/C20H27N7O/c21-19-22-17(23-20(24-19)27-9-5-2-6-10-27)15-25-11-13-26(14-12-25)18(28)16-7-3-1-4-8-16/h1,3-4,7-8H,2,5-6,9-15H2,(H2,21,22,23,24). The lowest BCUT2D eigenvalue weighted by molar-refractivity contribution is 0.0625. The van der Waals surface area contributed by atoms with E-state index in [-0.39, 0.29) is 11.9 Å². The fraction of sp³-hybridized carbons (Fsp3) is 0.500. The summed E-state index contributed by atoms with van der Waals surface area (Å²) in [7, 11) is 0. The number of nitrogens with zero attached hydrogens (tertiary/aromatic N) is 6. The third-order valence-corrected chi connectivity index (χ3v) is 5.37. The molecule has 28 heavy (non-hydrogen) atoms. The second-order valence-corrected chi connectivity index (χ2v) is 7.39. The smallest absolute Gasteiger partial charge is 0.253 e. The van der Waals surface area contributed by atoms with E-state index in [0.29, 0.717) is 31.4 Å². The molecule has 2 aliphatic heterocycles. The van der Waals surface area contributed by atoms with E-state index >= 15 is 0 Å². The molecule has 0 bridgehead atoms. The van der Waals surface area contributed by atoms with Gasteiger partial charge in [-0.15, -0.1) is 0 Å². The summed E-state index contributed by atoms with van der Waals surface area (Å²) in [6, 6.07) is 9.45. The number of aromatic nitrogens is 3. The lowest BCUT2D eigenvalue weighted by Gasteiger charge is -2.34. The van der Waals surface area contributed by atoms with E-state index < -0.39 is 0 Å². The third kappa shape index (κ3) is 4.39. The zero-order valence-corrected chi connectivity index (χ0v) is 16.1. The van der Waals surface area contributed by atoms with Crippen LogP contribution < -0.4 is 10.6 Å². The quantitative estimate of drug-likeness (QED) is 0.856. The number of piperazine rings is 1. The fourth-order valence-corrected chi connectivity index (χ4v) is 3.80. The van der Waals surface area contributed by atoms with Crippen LogP contribution in [0.4, 0.5) is 11.9 Å². The Labute approximate surface area is 165 Å². The van der Waals surface area contributed by atoms with Crippen LogP contribution in [0.15, 0.2) is 30.3 Å². The van der Waals surface area contributed by atoms with E-state index in [4.69, 9.17) is 5.73 Å². The van der Waals surface area contributed by atoms with Gasteiger partial charge in [-0.05, 0) is 31.4 Å². The molecule has 0 spiro atoms. The Morgan fingerprint density at radius 3 is 2.32 bits per heavy atom. The number of nitrogen functional groups attached to an aromatic ring is 1. The Bertz CT molecular complexity index is 799. The Morgan fingerprint density at radius 2 is 1.61 bits per heavy atom. The Hall–Kier alpha value is -2.74. The molecule has 8 heteroatoms. The minimum absolute atomic E-state index is 0.0945. The molecular weight excluding hydrogens is 354 g/mol. The molecule has 0 saturated carbocycles. The predicted octanol–water partition coefficient (Wildman–Crippen LogP) is 1.40. The van der Waals surface area contributed by atoms with Crippen molar-refractivity contribution in [3.8, 4) is 0 Å². The van der Waals surface area contributed by atoms with Crippen molar-refractivity contribution in [1.29, 1.82) is 0 Å². The summed E-state index contributed by atoms with van der Waals surface area (Å²) in [6.07, 6.45) is 3.59. The minimum atomic E-state index is 0.0945. The van der Waals surface area contributed by atoms with Crippen molar-refractivity contribution >= 4 is 17.8 Å². The number of carbonyl (C=O) groups is 1. The number of carbonyl (C=O) groups excluding carboxylic acids is 1. The van der Waals surface area contributed by atoms with Crippen molar-refractivity contribution in [2.24, 2.45) is 0 Å². The number of hydrogen-bond acceptors (Lipinski definition) is 7. The molecule has 148 valence electrons. The van der Waals surface area contributed by atoms with Crippen LogP contribution in [0, 0.1) is 0 Å². The minimum Gasteiger partial charge on any atom is -0.368 e. The fourth-order valence-electron chi connectivity index (χ4n) is 3.80. The first kappa shape index (κ1) is 18.6. The maximum Gasteiger partial charge on any atom is 0.253 e. The van der Waals surface area contributed by atoms with E-state index in [0.717, 1.165) is 31.7 Å². The monoisotopic (exact) mass is 381 g/mol. The van der Waals surface area contributed by atoms with Crippen molar-refractivity contribution in [3.63, 3.8) is 0 Å². The molecule has 2 aromatic rings. The largest absolute Gasteiger partial charge is 0.368 e. The van der Waals surface area contributed by atoms with Gasteiger partial charge in [0.15, 0.2) is 0 Å². The first-order valence-corrected chi connectivity index (χ1v) is 10.0. The molecule has 4 rings (SSSR count). The average molecular weight is 381 g/mol. The molecule has 1 aromatic carbocycles. The second kappa shape index (κ2) is 8.52. The Kier molecular flexibility index (Phi) is 5.66. The van der Waals surface area contributed by atoms with E-state index in [1.165, 1.54) is 19.3 Å². The zero-order chi connectivity index (χ0) is 19.3. The molecule has 0 atom stereocenters. The van der Waals surface area contributed by atoms with Gasteiger partial charge in [0.1, 0.15) is 5.82 Å². The summed E-state index contributed by atoms with van der Waals surface area (Å²) in [6.45, 7) is 5.57. The molecule has 0 radical (unpaired) electrons. The van der Waals surface area contributed by atoms with Gasteiger partial charge in [-0.1, -0.05) is 18.2 Å². The highest BCUT2D eigenvalue weighted by molar-refractivity contribution is 5.94. The molecule has 8 nitrogen and oxygen atoms in total. The zero-order valence-electron chi connectivity index (χ0n) is 16.1. The SMILES string of the molecule is Nc1nc(CN2CCN(C(=O)c3ccccc3)CC2)nc(N2CCCCC2)n1. The first-order valence-electron chi connectivity index (χ1n) is 10.0. The number of anilines is 2. The summed E-state index contributed by atoms with van der Waals surface area (Å²) >= 11 is 0. The van der Waals surface area contributed by atoms with Crippen LogP contribution in [0.1, 0.15) is 35.4 Å². The van der Waals surface area contributed by atoms with Crippen molar-refractivity contribution in [2.45, 2.75) is 25.8 Å². The van der Waals surface area contributed by atoms with Gasteiger partial charge in [0.2, 0.25) is 11.9 Å². The maximum absolute atomic E-state index is 12.6. The van der Waals surface area contributed by atoms with Gasteiger partial charge in [-0.2, -0.15) is 15.0 Å². The summed E-state index contributed by atoms with van der Waals surface area (Å²) in [5.74, 6) is 1.77. The second-order valence-electron chi connectivity index (χ2n) is 7.39. The molecule has 2 saturated heterocycles. The van der Waals surface area contributed by atoms with Gasteiger partial charge in [-0.3, -0.25) is 9.69 Å². The third-order valence-electron chi connectivity index (χ3n) is 5.37. The van der Waals surface area contributed by atoms with Gasteiger partial charge in [-0.25, -0.2) is 0 Å². The predicted molar refractivity (Wildman–Crippen MR) is 108 cm³/mol. The van der Waals surface area contributed by atoms with E-state index in [2.05, 4.69) is 24.8 Å².